The number of esters is 1. The van der Waals surface area contributed by atoms with Gasteiger partial charge in [0.05, 0.1) is 33.8 Å². The van der Waals surface area contributed by atoms with Crippen molar-refractivity contribution in [3.05, 3.63) is 97.2 Å². The third-order valence-electron chi connectivity index (χ3n) is 15.0. The second kappa shape index (κ2) is 62.0. The molecule has 0 rings (SSSR count). The van der Waals surface area contributed by atoms with E-state index in [1.165, 1.54) is 161 Å². The van der Waals surface area contributed by atoms with Gasteiger partial charge in [-0.25, -0.2) is 4.57 Å². The monoisotopic (exact) mass is 1180 g/mol. The maximum atomic E-state index is 13.6. The highest BCUT2D eigenvalue weighted by Gasteiger charge is 2.30. The summed E-state index contributed by atoms with van der Waals surface area (Å²) < 4.78 is 30.8. The number of phosphoric ester groups is 1. The number of quaternary nitrogens is 1. The van der Waals surface area contributed by atoms with Crippen LogP contribution in [0.1, 0.15) is 303 Å². The lowest BCUT2D eigenvalue weighted by atomic mass is 10.0. The standard InChI is InChI=1S/C73H131N2O7P/c1-7-10-13-16-19-22-25-27-29-31-33-35-36-37-38-40-42-44-46-48-51-54-57-60-63-66-73(77)82-71(64-61-58-55-52-49-24-21-18-15-12-9-3)70(69-81-83(78,79)80-68-67-75(4,5)6)74-72(76)65-62-59-56-53-50-47-45-43-41-39-34-32-30-28-26-23-20-17-14-11-8-2/h10,13,19-20,22-23,27-30,33,35,37-38,61,64,70-71H,7-9,11-12,14-18,21,24-26,31-32,34,36,39-60,62-63,65-69H2,1-6H3,(H-,74,76,78,79)/p+1/b13-10-,22-19-,23-20-,29-27-,30-28-,35-33-,38-37-,64-61+. The summed E-state index contributed by atoms with van der Waals surface area (Å²) in [6.07, 6.45) is 84.1. The molecule has 1 amide bonds. The van der Waals surface area contributed by atoms with Crippen molar-refractivity contribution in [1.82, 2.24) is 5.32 Å². The first-order valence-electron chi connectivity index (χ1n) is 34.6. The molecule has 0 spiro atoms. The lowest BCUT2D eigenvalue weighted by Crippen LogP contribution is -2.47. The lowest BCUT2D eigenvalue weighted by Gasteiger charge is -2.27. The molecule has 9 nitrogen and oxygen atoms in total. The molecule has 0 aromatic carbocycles. The number of carbonyl (C=O) groups excluding carboxylic acids is 2. The lowest BCUT2D eigenvalue weighted by molar-refractivity contribution is -0.870. The smallest absolute Gasteiger partial charge is 0.456 e. The Kier molecular flexibility index (Phi) is 59.7. The van der Waals surface area contributed by atoms with Gasteiger partial charge in [-0.3, -0.25) is 18.6 Å². The van der Waals surface area contributed by atoms with Crippen LogP contribution in [0, 0.1) is 0 Å². The number of nitrogens with one attached hydrogen (secondary N) is 1. The Hall–Kier alpha value is -3.07. The SMILES string of the molecule is CC/C=C\C/C=C\C/C=C\C/C=C\C/C=C\CCCCCCCCCCCC(=O)OC(/C=C/CCCCCCCCCCC)C(COP(=O)(O)OCC[N+](C)(C)C)NC(=O)CCCCCCCCCCCCC/C=C\C/C=C\CCCCC. The molecule has 0 saturated carbocycles. The summed E-state index contributed by atoms with van der Waals surface area (Å²) in [4.78, 5) is 37.9. The second-order valence-corrected chi connectivity index (χ2v) is 25.8. The van der Waals surface area contributed by atoms with Gasteiger partial charge in [0.15, 0.2) is 0 Å². The van der Waals surface area contributed by atoms with Gasteiger partial charge in [-0.15, -0.1) is 0 Å². The fourth-order valence-electron chi connectivity index (χ4n) is 9.70. The van der Waals surface area contributed by atoms with Gasteiger partial charge in [-0.2, -0.15) is 0 Å². The van der Waals surface area contributed by atoms with Crippen LogP contribution in [0.2, 0.25) is 0 Å². The van der Waals surface area contributed by atoms with Gasteiger partial charge in [0.1, 0.15) is 19.3 Å². The van der Waals surface area contributed by atoms with Crippen molar-refractivity contribution in [2.24, 2.45) is 0 Å². The van der Waals surface area contributed by atoms with E-state index in [2.05, 4.69) is 111 Å². The summed E-state index contributed by atoms with van der Waals surface area (Å²) in [7, 11) is 1.49. The summed E-state index contributed by atoms with van der Waals surface area (Å²) in [5, 5.41) is 3.06. The molecule has 0 bridgehead atoms. The van der Waals surface area contributed by atoms with Gasteiger partial charge in [0.2, 0.25) is 5.91 Å². The summed E-state index contributed by atoms with van der Waals surface area (Å²) in [5.41, 5.74) is 0. The molecular formula is C73H132N2O7P+. The van der Waals surface area contributed by atoms with Gasteiger partial charge in [0, 0.05) is 12.8 Å². The van der Waals surface area contributed by atoms with Crippen LogP contribution < -0.4 is 5.32 Å². The fourth-order valence-corrected chi connectivity index (χ4v) is 10.4. The van der Waals surface area contributed by atoms with Crippen molar-refractivity contribution in [1.29, 1.82) is 0 Å². The Labute approximate surface area is 513 Å². The molecule has 3 unspecified atom stereocenters. The normalized spacial score (nSPS) is 14.2. The van der Waals surface area contributed by atoms with Crippen LogP contribution in [0.5, 0.6) is 0 Å². The second-order valence-electron chi connectivity index (χ2n) is 24.3. The zero-order chi connectivity index (χ0) is 60.7. The zero-order valence-corrected chi connectivity index (χ0v) is 55.8. The van der Waals surface area contributed by atoms with E-state index >= 15 is 0 Å². The van der Waals surface area contributed by atoms with E-state index in [0.29, 0.717) is 17.4 Å². The van der Waals surface area contributed by atoms with Gasteiger partial charge in [-0.05, 0) is 109 Å². The number of carbonyl (C=O) groups is 2. The van der Waals surface area contributed by atoms with Crippen molar-refractivity contribution < 1.29 is 37.3 Å². The quantitative estimate of drug-likeness (QED) is 0.0205. The molecule has 0 aliphatic rings. The number of ether oxygens (including phenoxy) is 1. The van der Waals surface area contributed by atoms with E-state index < -0.39 is 20.0 Å². The number of rotatable bonds is 62. The predicted molar refractivity (Wildman–Crippen MR) is 360 cm³/mol. The molecule has 0 aliphatic carbocycles. The first-order valence-corrected chi connectivity index (χ1v) is 36.1. The Morgan fingerprint density at radius 2 is 0.771 bits per heavy atom. The average Bonchev–Trinajstić information content (AvgIpc) is 3.51. The molecule has 0 aromatic rings. The molecule has 3 atom stereocenters. The predicted octanol–water partition coefficient (Wildman–Crippen LogP) is 21.9. The fraction of sp³-hybridized carbons (Fsp3) is 0.753. The van der Waals surface area contributed by atoms with Crippen LogP contribution in [0.4, 0.5) is 0 Å². The molecular weight excluding hydrogens is 1050 g/mol. The van der Waals surface area contributed by atoms with E-state index in [9.17, 15) is 19.0 Å². The van der Waals surface area contributed by atoms with Crippen LogP contribution >= 0.6 is 7.82 Å². The van der Waals surface area contributed by atoms with E-state index in [0.717, 1.165) is 109 Å². The molecule has 0 aromatic heterocycles. The van der Waals surface area contributed by atoms with Crippen molar-refractivity contribution in [3.63, 3.8) is 0 Å². The number of hydrogen-bond donors (Lipinski definition) is 2. The number of allylic oxidation sites excluding steroid dienone is 15. The number of hydrogen-bond acceptors (Lipinski definition) is 6. The number of likely N-dealkylation sites (N-methyl/N-ethyl adjacent to an activating group) is 1. The van der Waals surface area contributed by atoms with Crippen molar-refractivity contribution in [3.8, 4) is 0 Å². The van der Waals surface area contributed by atoms with E-state index in [-0.39, 0.29) is 31.5 Å². The maximum Gasteiger partial charge on any atom is 0.472 e. The minimum Gasteiger partial charge on any atom is -0.456 e. The van der Waals surface area contributed by atoms with Gasteiger partial charge < -0.3 is 19.4 Å². The van der Waals surface area contributed by atoms with Crippen molar-refractivity contribution in [2.75, 3.05) is 40.9 Å². The third-order valence-corrected chi connectivity index (χ3v) is 16.0. The van der Waals surface area contributed by atoms with Crippen LogP contribution in [0.15, 0.2) is 97.2 Å². The highest BCUT2D eigenvalue weighted by Crippen LogP contribution is 2.43. The minimum absolute atomic E-state index is 0.0354. The number of unbranched alkanes of at least 4 members (excludes halogenated alkanes) is 32. The molecule has 480 valence electrons. The summed E-state index contributed by atoms with van der Waals surface area (Å²) in [5.74, 6) is -0.512. The van der Waals surface area contributed by atoms with E-state index in [1.807, 2.05) is 33.3 Å². The minimum atomic E-state index is -4.46. The molecule has 83 heavy (non-hydrogen) atoms. The van der Waals surface area contributed by atoms with Crippen LogP contribution in [0.3, 0.4) is 0 Å². The average molecular weight is 1180 g/mol. The van der Waals surface area contributed by atoms with Gasteiger partial charge in [-0.1, -0.05) is 279 Å². The first kappa shape index (κ1) is 79.9. The van der Waals surface area contributed by atoms with Crippen molar-refractivity contribution >= 4 is 19.7 Å². The molecule has 0 heterocycles. The molecule has 0 aliphatic heterocycles. The van der Waals surface area contributed by atoms with Gasteiger partial charge in [0.25, 0.3) is 0 Å². The topological polar surface area (TPSA) is 111 Å². The molecule has 0 saturated heterocycles. The Morgan fingerprint density at radius 3 is 1.18 bits per heavy atom. The number of nitrogens with zero attached hydrogens (tertiary/aromatic N) is 1. The molecule has 0 radical (unpaired) electrons. The van der Waals surface area contributed by atoms with E-state index in [4.69, 9.17) is 13.8 Å². The van der Waals surface area contributed by atoms with Crippen LogP contribution in [0.25, 0.3) is 0 Å². The summed E-state index contributed by atoms with van der Waals surface area (Å²) in [6, 6.07) is -0.857. The number of phosphoric acid groups is 1. The third kappa shape index (κ3) is 63.3. The van der Waals surface area contributed by atoms with E-state index in [1.54, 1.807) is 0 Å². The molecule has 0 fully saturated rings. The molecule has 2 N–H and O–H groups in total. The zero-order valence-electron chi connectivity index (χ0n) is 54.9. The van der Waals surface area contributed by atoms with Crippen molar-refractivity contribution in [2.45, 2.75) is 315 Å². The first-order chi connectivity index (χ1) is 40.4. The Bertz CT molecular complexity index is 1740. The summed E-state index contributed by atoms with van der Waals surface area (Å²) >= 11 is 0. The maximum absolute atomic E-state index is 13.6. The van der Waals surface area contributed by atoms with Crippen LogP contribution in [-0.2, 0) is 27.9 Å². The van der Waals surface area contributed by atoms with Crippen LogP contribution in [-0.4, -0.2) is 74.3 Å². The number of amides is 1. The highest BCUT2D eigenvalue weighted by atomic mass is 31.2. The Balaban J connectivity index is 5.08. The highest BCUT2D eigenvalue weighted by molar-refractivity contribution is 7.47. The largest absolute Gasteiger partial charge is 0.472 e. The molecule has 10 heteroatoms. The summed E-state index contributed by atoms with van der Waals surface area (Å²) in [6.45, 7) is 6.88. The van der Waals surface area contributed by atoms with Gasteiger partial charge >= 0.3 is 13.8 Å². The Morgan fingerprint density at radius 1 is 0.434 bits per heavy atom.